The zero-order chi connectivity index (χ0) is 14.4. The summed E-state index contributed by atoms with van der Waals surface area (Å²) in [6.45, 7) is 8.06. The first-order chi connectivity index (χ1) is 8.95. The van der Waals surface area contributed by atoms with Gasteiger partial charge in [-0.2, -0.15) is 0 Å². The topological polar surface area (TPSA) is 84.6 Å². The lowest BCUT2D eigenvalue weighted by Crippen LogP contribution is -2.31. The summed E-state index contributed by atoms with van der Waals surface area (Å²) in [6.07, 6.45) is -0.767. The third-order valence-electron chi connectivity index (χ3n) is 2.89. The molecule has 6 nitrogen and oxygen atoms in total. The molecule has 0 aliphatic rings. The van der Waals surface area contributed by atoms with Crippen molar-refractivity contribution in [1.82, 2.24) is 10.5 Å². The Morgan fingerprint density at radius 1 is 1.53 bits per heavy atom. The van der Waals surface area contributed by atoms with Crippen LogP contribution in [0.4, 0.5) is 0 Å². The van der Waals surface area contributed by atoms with E-state index in [9.17, 15) is 9.90 Å². The summed E-state index contributed by atoms with van der Waals surface area (Å²) in [5.74, 6) is 0.374. The Kier molecular flexibility index (Phi) is 5.98. The number of hydrogen-bond donors (Lipinski definition) is 2. The summed E-state index contributed by atoms with van der Waals surface area (Å²) in [6, 6.07) is 0.00287. The average Bonchev–Trinajstić information content (AvgIpc) is 2.66. The third-order valence-corrected chi connectivity index (χ3v) is 2.89. The maximum atomic E-state index is 11.2. The minimum absolute atomic E-state index is 0.00287. The third kappa shape index (κ3) is 4.65. The SMILES string of the molecule is CCOC(=O)CC(O)CNC(C)c1c(C)noc1C. The van der Waals surface area contributed by atoms with Crippen LogP contribution in [0.1, 0.15) is 43.3 Å². The molecule has 0 saturated carbocycles. The predicted octanol–water partition coefficient (Wildman–Crippen LogP) is 1.26. The zero-order valence-electron chi connectivity index (χ0n) is 11.9. The Morgan fingerprint density at radius 3 is 2.74 bits per heavy atom. The Bertz CT molecular complexity index is 397. The molecule has 19 heavy (non-hydrogen) atoms. The molecule has 0 aliphatic carbocycles. The van der Waals surface area contributed by atoms with Crippen LogP contribution in [-0.4, -0.2) is 35.5 Å². The van der Waals surface area contributed by atoms with Crippen LogP contribution in [0.5, 0.6) is 0 Å². The van der Waals surface area contributed by atoms with Gasteiger partial charge in [0.25, 0.3) is 0 Å². The van der Waals surface area contributed by atoms with E-state index in [0.29, 0.717) is 13.2 Å². The van der Waals surface area contributed by atoms with Gasteiger partial charge in [0.2, 0.25) is 0 Å². The molecule has 0 aromatic carbocycles. The van der Waals surface area contributed by atoms with Crippen molar-refractivity contribution in [2.45, 2.75) is 46.3 Å². The van der Waals surface area contributed by atoms with Crippen molar-refractivity contribution in [2.24, 2.45) is 0 Å². The minimum atomic E-state index is -0.762. The Labute approximate surface area is 113 Å². The summed E-state index contributed by atoms with van der Waals surface area (Å²) in [4.78, 5) is 11.2. The van der Waals surface area contributed by atoms with Gasteiger partial charge in [-0.05, 0) is 27.7 Å². The maximum Gasteiger partial charge on any atom is 0.308 e. The fraction of sp³-hybridized carbons (Fsp3) is 0.692. The molecule has 0 radical (unpaired) electrons. The molecular formula is C13H22N2O4. The van der Waals surface area contributed by atoms with Gasteiger partial charge < -0.3 is 19.7 Å². The Morgan fingerprint density at radius 2 is 2.21 bits per heavy atom. The van der Waals surface area contributed by atoms with E-state index < -0.39 is 6.10 Å². The number of nitrogens with zero attached hydrogens (tertiary/aromatic N) is 1. The molecule has 2 unspecified atom stereocenters. The van der Waals surface area contributed by atoms with Gasteiger partial charge >= 0.3 is 5.97 Å². The molecule has 1 aromatic heterocycles. The van der Waals surface area contributed by atoms with E-state index in [4.69, 9.17) is 9.26 Å². The quantitative estimate of drug-likeness (QED) is 0.725. The Balaban J connectivity index is 2.42. The fourth-order valence-corrected chi connectivity index (χ4v) is 2.01. The number of hydrogen-bond acceptors (Lipinski definition) is 6. The highest BCUT2D eigenvalue weighted by Gasteiger charge is 2.18. The summed E-state index contributed by atoms with van der Waals surface area (Å²) in [5.41, 5.74) is 1.82. The molecule has 2 atom stereocenters. The largest absolute Gasteiger partial charge is 0.466 e. The molecule has 0 bridgehead atoms. The normalized spacial score (nSPS) is 14.2. The van der Waals surface area contributed by atoms with Crippen molar-refractivity contribution in [3.8, 4) is 0 Å². The summed E-state index contributed by atoms with van der Waals surface area (Å²) >= 11 is 0. The molecule has 2 N–H and O–H groups in total. The molecule has 1 heterocycles. The van der Waals surface area contributed by atoms with Gasteiger partial charge in [-0.25, -0.2) is 0 Å². The number of nitrogens with one attached hydrogen (secondary N) is 1. The number of rotatable bonds is 7. The van der Waals surface area contributed by atoms with Crippen molar-refractivity contribution >= 4 is 5.97 Å². The first-order valence-corrected chi connectivity index (χ1v) is 6.45. The van der Waals surface area contributed by atoms with E-state index in [1.54, 1.807) is 6.92 Å². The van der Waals surface area contributed by atoms with Gasteiger partial charge in [0.1, 0.15) is 5.76 Å². The summed E-state index contributed by atoms with van der Waals surface area (Å²) < 4.78 is 9.87. The van der Waals surface area contributed by atoms with Gasteiger partial charge in [-0.15, -0.1) is 0 Å². The average molecular weight is 270 g/mol. The Hall–Kier alpha value is -1.40. The van der Waals surface area contributed by atoms with E-state index in [0.717, 1.165) is 17.0 Å². The number of carbonyl (C=O) groups excluding carboxylic acids is 1. The van der Waals surface area contributed by atoms with E-state index in [1.807, 2.05) is 20.8 Å². The van der Waals surface area contributed by atoms with Crippen LogP contribution in [0.2, 0.25) is 0 Å². The van der Waals surface area contributed by atoms with Crippen molar-refractivity contribution in [3.63, 3.8) is 0 Å². The first kappa shape index (κ1) is 15.7. The molecule has 108 valence electrons. The highest BCUT2D eigenvalue weighted by atomic mass is 16.5. The zero-order valence-corrected chi connectivity index (χ0v) is 11.9. The first-order valence-electron chi connectivity index (χ1n) is 6.45. The second-order valence-electron chi connectivity index (χ2n) is 4.53. The van der Waals surface area contributed by atoms with Crippen molar-refractivity contribution < 1.29 is 19.2 Å². The lowest BCUT2D eigenvalue weighted by Gasteiger charge is -2.16. The van der Waals surface area contributed by atoms with Gasteiger partial charge in [-0.3, -0.25) is 4.79 Å². The van der Waals surface area contributed by atoms with E-state index in [2.05, 4.69) is 10.5 Å². The summed E-state index contributed by atoms with van der Waals surface area (Å²) in [5, 5.41) is 16.8. The number of ether oxygens (including phenoxy) is 1. The van der Waals surface area contributed by atoms with E-state index >= 15 is 0 Å². The van der Waals surface area contributed by atoms with Crippen LogP contribution >= 0.6 is 0 Å². The smallest absolute Gasteiger partial charge is 0.308 e. The second kappa shape index (κ2) is 7.25. The highest BCUT2D eigenvalue weighted by molar-refractivity contribution is 5.69. The molecule has 1 aromatic rings. The minimum Gasteiger partial charge on any atom is -0.466 e. The lowest BCUT2D eigenvalue weighted by molar-refractivity contribution is -0.145. The van der Waals surface area contributed by atoms with Crippen LogP contribution < -0.4 is 5.32 Å². The summed E-state index contributed by atoms with van der Waals surface area (Å²) in [7, 11) is 0. The van der Waals surface area contributed by atoms with Crippen LogP contribution in [-0.2, 0) is 9.53 Å². The lowest BCUT2D eigenvalue weighted by atomic mass is 10.1. The number of carbonyl (C=O) groups is 1. The van der Waals surface area contributed by atoms with Gasteiger partial charge in [0.15, 0.2) is 0 Å². The fourth-order valence-electron chi connectivity index (χ4n) is 2.01. The van der Waals surface area contributed by atoms with Crippen LogP contribution in [0.3, 0.4) is 0 Å². The molecular weight excluding hydrogens is 248 g/mol. The van der Waals surface area contributed by atoms with Crippen molar-refractivity contribution in [1.29, 1.82) is 0 Å². The molecule has 0 amide bonds. The number of esters is 1. The van der Waals surface area contributed by atoms with E-state index in [-0.39, 0.29) is 18.4 Å². The molecule has 0 saturated heterocycles. The monoisotopic (exact) mass is 270 g/mol. The predicted molar refractivity (Wildman–Crippen MR) is 69.7 cm³/mol. The maximum absolute atomic E-state index is 11.2. The standard InChI is InChI=1S/C13H22N2O4/c1-5-18-12(17)6-11(16)7-14-8(2)13-9(3)15-19-10(13)4/h8,11,14,16H,5-7H2,1-4H3. The van der Waals surface area contributed by atoms with Crippen LogP contribution in [0, 0.1) is 13.8 Å². The molecule has 1 rings (SSSR count). The van der Waals surface area contributed by atoms with Gasteiger partial charge in [0.05, 0.1) is 24.8 Å². The molecule has 0 fully saturated rings. The molecule has 6 heteroatoms. The molecule has 0 spiro atoms. The number of aliphatic hydroxyl groups is 1. The van der Waals surface area contributed by atoms with Crippen LogP contribution in [0.25, 0.3) is 0 Å². The number of aryl methyl sites for hydroxylation is 2. The number of aliphatic hydroxyl groups excluding tert-OH is 1. The van der Waals surface area contributed by atoms with Gasteiger partial charge in [-0.1, -0.05) is 5.16 Å². The van der Waals surface area contributed by atoms with E-state index in [1.165, 1.54) is 0 Å². The van der Waals surface area contributed by atoms with Crippen molar-refractivity contribution in [3.05, 3.63) is 17.0 Å². The highest BCUT2D eigenvalue weighted by Crippen LogP contribution is 2.20. The second-order valence-corrected chi connectivity index (χ2v) is 4.53. The van der Waals surface area contributed by atoms with Crippen LogP contribution in [0.15, 0.2) is 4.52 Å². The molecule has 0 aliphatic heterocycles. The van der Waals surface area contributed by atoms with Crippen molar-refractivity contribution in [2.75, 3.05) is 13.2 Å². The van der Waals surface area contributed by atoms with Gasteiger partial charge in [0, 0.05) is 18.2 Å². The number of aromatic nitrogens is 1.